The summed E-state index contributed by atoms with van der Waals surface area (Å²) >= 11 is 0. The van der Waals surface area contributed by atoms with Crippen molar-refractivity contribution in [3.8, 4) is 11.5 Å². The van der Waals surface area contributed by atoms with Crippen LogP contribution in [0.5, 0.6) is 11.5 Å². The highest BCUT2D eigenvalue weighted by molar-refractivity contribution is 6.09. The third-order valence-corrected chi connectivity index (χ3v) is 4.59. The third kappa shape index (κ3) is 6.36. The van der Waals surface area contributed by atoms with E-state index in [1.807, 2.05) is 25.9 Å². The molecule has 0 unspecified atom stereocenters. The quantitative estimate of drug-likeness (QED) is 0.534. The standard InChI is InChI=1S/C23H31N3O5/c1-6-31-14-8-13-24-22(27)17-15-16(11-12-18(17)26(2)3)25-23(28)21-19(29-4)9-7-10-20(21)30-5/h7,9-12,15H,6,8,13-14H2,1-5H3,(H,24,27)(H,25,28). The Morgan fingerprint density at radius 2 is 1.68 bits per heavy atom. The zero-order valence-corrected chi connectivity index (χ0v) is 18.8. The Morgan fingerprint density at radius 3 is 2.26 bits per heavy atom. The highest BCUT2D eigenvalue weighted by atomic mass is 16.5. The SMILES string of the molecule is CCOCCCNC(=O)c1cc(NC(=O)c2c(OC)cccc2OC)ccc1N(C)C. The highest BCUT2D eigenvalue weighted by Crippen LogP contribution is 2.30. The van der Waals surface area contributed by atoms with Crippen LogP contribution >= 0.6 is 0 Å². The Morgan fingerprint density at radius 1 is 1.00 bits per heavy atom. The van der Waals surface area contributed by atoms with Crippen molar-refractivity contribution in [1.29, 1.82) is 0 Å². The number of benzene rings is 2. The molecule has 0 saturated carbocycles. The number of carbonyl (C=O) groups is 2. The van der Waals surface area contributed by atoms with Crippen molar-refractivity contribution in [2.24, 2.45) is 0 Å². The summed E-state index contributed by atoms with van der Waals surface area (Å²) in [6.45, 7) is 3.68. The maximum Gasteiger partial charge on any atom is 0.263 e. The summed E-state index contributed by atoms with van der Waals surface area (Å²) in [7, 11) is 6.70. The van der Waals surface area contributed by atoms with E-state index < -0.39 is 5.91 Å². The second kappa shape index (κ2) is 11.8. The van der Waals surface area contributed by atoms with Crippen LogP contribution in [0.25, 0.3) is 0 Å². The molecule has 0 radical (unpaired) electrons. The topological polar surface area (TPSA) is 89.1 Å². The van der Waals surface area contributed by atoms with E-state index in [1.54, 1.807) is 36.4 Å². The van der Waals surface area contributed by atoms with Crippen LogP contribution in [0.3, 0.4) is 0 Å². The lowest BCUT2D eigenvalue weighted by molar-refractivity contribution is 0.0943. The first-order valence-corrected chi connectivity index (χ1v) is 10.1. The molecule has 0 aromatic heterocycles. The van der Waals surface area contributed by atoms with Crippen LogP contribution in [0.4, 0.5) is 11.4 Å². The molecule has 2 amide bonds. The monoisotopic (exact) mass is 429 g/mol. The Labute approximate surface area is 183 Å². The lowest BCUT2D eigenvalue weighted by Gasteiger charge is -2.19. The zero-order chi connectivity index (χ0) is 22.8. The van der Waals surface area contributed by atoms with E-state index in [-0.39, 0.29) is 11.5 Å². The van der Waals surface area contributed by atoms with Crippen LogP contribution < -0.4 is 25.0 Å². The van der Waals surface area contributed by atoms with Gasteiger partial charge in [0, 0.05) is 45.2 Å². The number of nitrogens with zero attached hydrogens (tertiary/aromatic N) is 1. The van der Waals surface area contributed by atoms with Crippen molar-refractivity contribution in [3.63, 3.8) is 0 Å². The van der Waals surface area contributed by atoms with Gasteiger partial charge in [-0.15, -0.1) is 0 Å². The van der Waals surface area contributed by atoms with Gasteiger partial charge in [0.15, 0.2) is 0 Å². The first kappa shape index (κ1) is 24.0. The lowest BCUT2D eigenvalue weighted by Crippen LogP contribution is -2.27. The smallest absolute Gasteiger partial charge is 0.263 e. The van der Waals surface area contributed by atoms with E-state index in [4.69, 9.17) is 14.2 Å². The molecule has 0 bridgehead atoms. The summed E-state index contributed by atoms with van der Waals surface area (Å²) in [5.74, 6) is 0.184. The van der Waals surface area contributed by atoms with Crippen LogP contribution in [0.1, 0.15) is 34.1 Å². The Hall–Kier alpha value is -3.26. The molecule has 2 aromatic carbocycles. The average Bonchev–Trinajstić information content (AvgIpc) is 2.77. The van der Waals surface area contributed by atoms with Crippen LogP contribution in [0, 0.1) is 0 Å². The minimum Gasteiger partial charge on any atom is -0.496 e. The molecular weight excluding hydrogens is 398 g/mol. The summed E-state index contributed by atoms with van der Waals surface area (Å²) in [4.78, 5) is 27.6. The van der Waals surface area contributed by atoms with E-state index in [0.29, 0.717) is 42.5 Å². The van der Waals surface area contributed by atoms with Crippen LogP contribution in [-0.4, -0.2) is 59.9 Å². The third-order valence-electron chi connectivity index (χ3n) is 4.59. The molecule has 0 fully saturated rings. The van der Waals surface area contributed by atoms with Crippen molar-refractivity contribution in [3.05, 3.63) is 47.5 Å². The van der Waals surface area contributed by atoms with Gasteiger partial charge in [-0.3, -0.25) is 9.59 Å². The van der Waals surface area contributed by atoms with Crippen LogP contribution in [0.2, 0.25) is 0 Å². The lowest BCUT2D eigenvalue weighted by atomic mass is 10.1. The molecule has 0 aliphatic rings. The molecule has 31 heavy (non-hydrogen) atoms. The molecule has 2 aromatic rings. The second-order valence-corrected chi connectivity index (χ2v) is 6.92. The molecule has 0 saturated heterocycles. The summed E-state index contributed by atoms with van der Waals surface area (Å²) in [5.41, 5.74) is 1.98. The van der Waals surface area contributed by atoms with Crippen LogP contribution in [0.15, 0.2) is 36.4 Å². The summed E-state index contributed by atoms with van der Waals surface area (Å²) in [6.07, 6.45) is 0.723. The summed E-state index contributed by atoms with van der Waals surface area (Å²) < 4.78 is 15.9. The van der Waals surface area contributed by atoms with Gasteiger partial charge in [0.05, 0.1) is 19.8 Å². The molecule has 2 rings (SSSR count). The molecule has 168 valence electrons. The van der Waals surface area contributed by atoms with E-state index in [9.17, 15) is 9.59 Å². The molecule has 0 heterocycles. The minimum absolute atomic E-state index is 0.217. The van der Waals surface area contributed by atoms with E-state index in [2.05, 4.69) is 10.6 Å². The Kier molecular flexibility index (Phi) is 9.14. The van der Waals surface area contributed by atoms with Gasteiger partial charge in [-0.2, -0.15) is 0 Å². The maximum absolute atomic E-state index is 12.9. The molecule has 0 aliphatic carbocycles. The van der Waals surface area contributed by atoms with Crippen molar-refractivity contribution in [2.45, 2.75) is 13.3 Å². The van der Waals surface area contributed by atoms with Crippen molar-refractivity contribution in [1.82, 2.24) is 5.32 Å². The number of hydrogen-bond acceptors (Lipinski definition) is 6. The molecule has 0 atom stereocenters. The Bertz CT molecular complexity index is 877. The molecule has 8 heteroatoms. The normalized spacial score (nSPS) is 10.4. The van der Waals surface area contributed by atoms with Crippen molar-refractivity contribution >= 4 is 23.2 Å². The summed E-state index contributed by atoms with van der Waals surface area (Å²) in [5, 5.41) is 5.74. The average molecular weight is 430 g/mol. The largest absolute Gasteiger partial charge is 0.496 e. The van der Waals surface area contributed by atoms with Gasteiger partial charge in [-0.05, 0) is 43.7 Å². The van der Waals surface area contributed by atoms with Gasteiger partial charge >= 0.3 is 0 Å². The number of anilines is 2. The fraction of sp³-hybridized carbons (Fsp3) is 0.391. The predicted molar refractivity (Wildman–Crippen MR) is 122 cm³/mol. The fourth-order valence-corrected chi connectivity index (χ4v) is 3.07. The van der Waals surface area contributed by atoms with Crippen LogP contribution in [-0.2, 0) is 4.74 Å². The number of hydrogen-bond donors (Lipinski definition) is 2. The van der Waals surface area contributed by atoms with Gasteiger partial charge in [0.2, 0.25) is 0 Å². The van der Waals surface area contributed by atoms with Gasteiger partial charge < -0.3 is 29.7 Å². The van der Waals surface area contributed by atoms with Gasteiger partial charge in [-0.25, -0.2) is 0 Å². The first-order valence-electron chi connectivity index (χ1n) is 10.1. The molecular formula is C23H31N3O5. The maximum atomic E-state index is 12.9. The molecule has 0 spiro atoms. The van der Waals surface area contributed by atoms with Gasteiger partial charge in [0.1, 0.15) is 17.1 Å². The number of ether oxygens (including phenoxy) is 3. The predicted octanol–water partition coefficient (Wildman–Crippen LogP) is 3.18. The number of nitrogens with one attached hydrogen (secondary N) is 2. The molecule has 8 nitrogen and oxygen atoms in total. The highest BCUT2D eigenvalue weighted by Gasteiger charge is 2.20. The fourth-order valence-electron chi connectivity index (χ4n) is 3.07. The molecule has 0 aliphatic heterocycles. The second-order valence-electron chi connectivity index (χ2n) is 6.92. The van der Waals surface area contributed by atoms with Crippen molar-refractivity contribution in [2.75, 3.05) is 58.3 Å². The zero-order valence-electron chi connectivity index (χ0n) is 18.8. The number of carbonyl (C=O) groups excluding carboxylic acids is 2. The van der Waals surface area contributed by atoms with Gasteiger partial charge in [-0.1, -0.05) is 6.07 Å². The van der Waals surface area contributed by atoms with Crippen molar-refractivity contribution < 1.29 is 23.8 Å². The molecule has 2 N–H and O–H groups in total. The minimum atomic E-state index is -0.394. The summed E-state index contributed by atoms with van der Waals surface area (Å²) in [6, 6.07) is 10.3. The number of rotatable bonds is 11. The van der Waals surface area contributed by atoms with E-state index in [0.717, 1.165) is 12.1 Å². The number of methoxy groups -OCH3 is 2. The number of amides is 2. The van der Waals surface area contributed by atoms with E-state index in [1.165, 1.54) is 14.2 Å². The van der Waals surface area contributed by atoms with E-state index >= 15 is 0 Å². The Balaban J connectivity index is 2.24. The van der Waals surface area contributed by atoms with Gasteiger partial charge in [0.25, 0.3) is 11.8 Å². The first-order chi connectivity index (χ1) is 14.9.